The molecular formula is C31H52O6. The van der Waals surface area contributed by atoms with Crippen LogP contribution in [0.1, 0.15) is 120 Å². The molecule has 0 aromatic rings. The molecule has 0 aromatic heterocycles. The highest BCUT2D eigenvalue weighted by atomic mass is 16.6. The summed E-state index contributed by atoms with van der Waals surface area (Å²) in [5, 5.41) is 0. The summed E-state index contributed by atoms with van der Waals surface area (Å²) in [6.45, 7) is 18.8. The molecule has 6 heteroatoms. The van der Waals surface area contributed by atoms with Crippen molar-refractivity contribution in [2.24, 2.45) is 5.92 Å². The first-order valence-corrected chi connectivity index (χ1v) is 15.3. The monoisotopic (exact) mass is 520 g/mol. The van der Waals surface area contributed by atoms with E-state index in [2.05, 4.69) is 55.4 Å². The molecule has 6 heterocycles. The number of rotatable bonds is 16. The maximum absolute atomic E-state index is 6.32. The molecule has 10 unspecified atom stereocenters. The summed E-state index contributed by atoms with van der Waals surface area (Å²) in [5.74, 6) is 0.545. The minimum atomic E-state index is 0.00967. The second kappa shape index (κ2) is 8.63. The number of hydrogen-bond acceptors (Lipinski definition) is 6. The Morgan fingerprint density at radius 2 is 1.08 bits per heavy atom. The fraction of sp³-hybridized carbons (Fsp3) is 1.00. The summed E-state index contributed by atoms with van der Waals surface area (Å²) in [7, 11) is 0. The van der Waals surface area contributed by atoms with Crippen molar-refractivity contribution in [3.05, 3.63) is 0 Å². The SMILES string of the molecule is CCC(CC1(CCC2OC2(C)CCC2OC2(C)C)OC1C)C1(CCC2OC2(C)CCC2OC2(C)C)CO1. The van der Waals surface area contributed by atoms with Crippen molar-refractivity contribution in [3.8, 4) is 0 Å². The van der Waals surface area contributed by atoms with Gasteiger partial charge in [-0.25, -0.2) is 0 Å². The Bertz CT molecular complexity index is 883. The standard InChI is InChI=1S/C31H52O6/c1-9-21(31(19-32-31)17-13-25-29(8,37-25)15-11-23-27(5,6)35-23)18-30(20(2)33-30)16-12-24-28(7,36-24)14-10-22-26(3,4)34-22/h20-25H,9-19H2,1-8H3. The molecule has 37 heavy (non-hydrogen) atoms. The predicted molar refractivity (Wildman–Crippen MR) is 142 cm³/mol. The predicted octanol–water partition coefficient (Wildman–Crippen LogP) is 6.12. The molecule has 6 aliphatic heterocycles. The number of epoxide rings is 6. The lowest BCUT2D eigenvalue weighted by Crippen LogP contribution is -2.31. The third kappa shape index (κ3) is 5.41. The van der Waals surface area contributed by atoms with Crippen molar-refractivity contribution < 1.29 is 28.4 Å². The van der Waals surface area contributed by atoms with E-state index in [0.717, 1.165) is 70.8 Å². The van der Waals surface area contributed by atoms with Gasteiger partial charge in [0.2, 0.25) is 0 Å². The van der Waals surface area contributed by atoms with Crippen molar-refractivity contribution in [3.63, 3.8) is 0 Å². The van der Waals surface area contributed by atoms with Crippen molar-refractivity contribution in [2.45, 2.75) is 184 Å². The van der Waals surface area contributed by atoms with E-state index in [1.54, 1.807) is 0 Å². The second-order valence-electron chi connectivity index (χ2n) is 14.9. The van der Waals surface area contributed by atoms with Gasteiger partial charge in [-0.2, -0.15) is 0 Å². The van der Waals surface area contributed by atoms with Gasteiger partial charge in [0, 0.05) is 0 Å². The van der Waals surface area contributed by atoms with Gasteiger partial charge in [-0.15, -0.1) is 0 Å². The molecule has 0 saturated carbocycles. The van der Waals surface area contributed by atoms with E-state index in [4.69, 9.17) is 28.4 Å². The molecular weight excluding hydrogens is 468 g/mol. The first kappa shape index (κ1) is 27.0. The average molecular weight is 521 g/mol. The summed E-state index contributed by atoms with van der Waals surface area (Å²) >= 11 is 0. The molecule has 10 atom stereocenters. The maximum Gasteiger partial charge on any atom is 0.0950 e. The highest BCUT2D eigenvalue weighted by molar-refractivity contribution is 5.11. The Kier molecular flexibility index (Phi) is 6.29. The lowest BCUT2D eigenvalue weighted by molar-refractivity contribution is 0.140. The zero-order valence-corrected chi connectivity index (χ0v) is 24.7. The van der Waals surface area contributed by atoms with Crippen LogP contribution in [0.5, 0.6) is 0 Å². The molecule has 0 bridgehead atoms. The zero-order chi connectivity index (χ0) is 26.5. The van der Waals surface area contributed by atoms with E-state index < -0.39 is 0 Å². The van der Waals surface area contributed by atoms with E-state index in [-0.39, 0.29) is 33.6 Å². The smallest absolute Gasteiger partial charge is 0.0950 e. The highest BCUT2D eigenvalue weighted by Gasteiger charge is 2.62. The van der Waals surface area contributed by atoms with Crippen molar-refractivity contribution in [1.82, 2.24) is 0 Å². The summed E-state index contributed by atoms with van der Waals surface area (Å²) in [4.78, 5) is 0. The lowest BCUT2D eigenvalue weighted by Gasteiger charge is -2.26. The van der Waals surface area contributed by atoms with Crippen molar-refractivity contribution in [2.75, 3.05) is 6.61 Å². The molecule has 6 fully saturated rings. The van der Waals surface area contributed by atoms with Crippen LogP contribution >= 0.6 is 0 Å². The number of hydrogen-bond donors (Lipinski definition) is 0. The maximum atomic E-state index is 6.32. The van der Waals surface area contributed by atoms with Crippen LogP contribution < -0.4 is 0 Å². The molecule has 212 valence electrons. The van der Waals surface area contributed by atoms with Crippen molar-refractivity contribution >= 4 is 0 Å². The molecule has 0 N–H and O–H groups in total. The molecule has 6 rings (SSSR count). The van der Waals surface area contributed by atoms with Crippen LogP contribution in [0.25, 0.3) is 0 Å². The third-order valence-electron chi connectivity index (χ3n) is 11.3. The van der Waals surface area contributed by atoms with E-state index in [1.807, 2.05) is 0 Å². The summed E-state index contributed by atoms with van der Waals surface area (Å²) in [5.41, 5.74) is 0.258. The molecule has 6 nitrogen and oxygen atoms in total. The van der Waals surface area contributed by atoms with E-state index in [9.17, 15) is 0 Å². The van der Waals surface area contributed by atoms with Gasteiger partial charge in [0.05, 0.1) is 70.7 Å². The zero-order valence-electron chi connectivity index (χ0n) is 24.7. The normalized spacial score (nSPS) is 50.4. The molecule has 0 aliphatic carbocycles. The largest absolute Gasteiger partial charge is 0.369 e. The van der Waals surface area contributed by atoms with Gasteiger partial charge in [-0.1, -0.05) is 13.3 Å². The molecule has 0 radical (unpaired) electrons. The minimum Gasteiger partial charge on any atom is -0.369 e. The van der Waals surface area contributed by atoms with Crippen LogP contribution in [0.3, 0.4) is 0 Å². The van der Waals surface area contributed by atoms with Gasteiger partial charge in [0.25, 0.3) is 0 Å². The van der Waals surface area contributed by atoms with Crippen LogP contribution in [0.15, 0.2) is 0 Å². The van der Waals surface area contributed by atoms with Crippen LogP contribution in [0.4, 0.5) is 0 Å². The minimum absolute atomic E-state index is 0.00967. The molecule has 6 aliphatic rings. The summed E-state index contributed by atoms with van der Waals surface area (Å²) in [6, 6.07) is 0. The van der Waals surface area contributed by atoms with Gasteiger partial charge in [0.15, 0.2) is 0 Å². The Morgan fingerprint density at radius 1 is 0.649 bits per heavy atom. The third-order valence-corrected chi connectivity index (χ3v) is 11.3. The molecule has 0 spiro atoms. The van der Waals surface area contributed by atoms with Gasteiger partial charge in [0.1, 0.15) is 0 Å². The fourth-order valence-electron chi connectivity index (χ4n) is 7.51. The Morgan fingerprint density at radius 3 is 1.46 bits per heavy atom. The Balaban J connectivity index is 0.946. The fourth-order valence-corrected chi connectivity index (χ4v) is 7.51. The Hall–Kier alpha value is -0.240. The molecule has 6 saturated heterocycles. The van der Waals surface area contributed by atoms with Gasteiger partial charge in [-0.3, -0.25) is 0 Å². The van der Waals surface area contributed by atoms with E-state index in [0.29, 0.717) is 36.4 Å². The van der Waals surface area contributed by atoms with Gasteiger partial charge in [-0.05, 0) is 112 Å². The van der Waals surface area contributed by atoms with Crippen LogP contribution in [0.2, 0.25) is 0 Å². The van der Waals surface area contributed by atoms with E-state index >= 15 is 0 Å². The van der Waals surface area contributed by atoms with Crippen LogP contribution in [-0.4, -0.2) is 70.7 Å². The molecule has 0 amide bonds. The highest BCUT2D eigenvalue weighted by Crippen LogP contribution is 2.56. The summed E-state index contributed by atoms with van der Waals surface area (Å²) < 4.78 is 36.5. The van der Waals surface area contributed by atoms with Gasteiger partial charge >= 0.3 is 0 Å². The Labute approximate surface area is 224 Å². The van der Waals surface area contributed by atoms with Gasteiger partial charge < -0.3 is 28.4 Å². The van der Waals surface area contributed by atoms with Crippen molar-refractivity contribution in [1.29, 1.82) is 0 Å². The second-order valence-corrected chi connectivity index (χ2v) is 14.9. The van der Waals surface area contributed by atoms with Crippen LogP contribution in [-0.2, 0) is 28.4 Å². The quantitative estimate of drug-likeness (QED) is 0.228. The first-order valence-electron chi connectivity index (χ1n) is 15.3. The summed E-state index contributed by atoms with van der Waals surface area (Å²) in [6.07, 6.45) is 12.9. The van der Waals surface area contributed by atoms with E-state index in [1.165, 1.54) is 0 Å². The topological polar surface area (TPSA) is 75.2 Å². The molecule has 0 aromatic carbocycles. The number of ether oxygens (including phenoxy) is 6. The average Bonchev–Trinajstić information content (AvgIpc) is 3.56. The first-order chi connectivity index (χ1) is 17.2. The van der Waals surface area contributed by atoms with Crippen LogP contribution in [0, 0.1) is 5.92 Å². The lowest BCUT2D eigenvalue weighted by atomic mass is 9.77.